The zero-order valence-corrected chi connectivity index (χ0v) is 17.8. The summed E-state index contributed by atoms with van der Waals surface area (Å²) in [5, 5.41) is 10.5. The molecular formula is C20H22N4O5S. The highest BCUT2D eigenvalue weighted by Crippen LogP contribution is 2.22. The molecule has 1 N–H and O–H groups in total. The molecule has 3 aromatic rings. The molecule has 9 nitrogen and oxygen atoms in total. The van der Waals surface area contributed by atoms with Crippen molar-refractivity contribution in [3.8, 4) is 17.2 Å². The third-order valence-electron chi connectivity index (χ3n) is 4.46. The Labute approximate surface area is 174 Å². The predicted molar refractivity (Wildman–Crippen MR) is 109 cm³/mol. The Hall–Kier alpha value is -3.24. The van der Waals surface area contributed by atoms with Crippen molar-refractivity contribution in [2.24, 2.45) is 0 Å². The van der Waals surface area contributed by atoms with Crippen molar-refractivity contribution in [2.45, 2.75) is 17.9 Å². The fraction of sp³-hybridized carbons (Fsp3) is 0.250. The van der Waals surface area contributed by atoms with Gasteiger partial charge in [-0.05, 0) is 48.9 Å². The van der Waals surface area contributed by atoms with Gasteiger partial charge in [0.1, 0.15) is 5.75 Å². The van der Waals surface area contributed by atoms with Gasteiger partial charge >= 0.3 is 11.8 Å². The molecule has 1 amide bonds. The molecule has 0 bridgehead atoms. The van der Waals surface area contributed by atoms with Crippen LogP contribution in [0.1, 0.15) is 29.2 Å². The fourth-order valence-electron chi connectivity index (χ4n) is 2.65. The third kappa shape index (κ3) is 4.50. The van der Waals surface area contributed by atoms with E-state index in [9.17, 15) is 13.2 Å². The molecule has 2 aromatic carbocycles. The molecule has 1 heterocycles. The molecule has 0 unspecified atom stereocenters. The number of sulfonamides is 1. The van der Waals surface area contributed by atoms with Crippen LogP contribution in [-0.4, -0.2) is 50.0 Å². The minimum Gasteiger partial charge on any atom is -0.497 e. The summed E-state index contributed by atoms with van der Waals surface area (Å²) in [5.41, 5.74) is 1.39. The van der Waals surface area contributed by atoms with Crippen molar-refractivity contribution < 1.29 is 22.4 Å². The summed E-state index contributed by atoms with van der Waals surface area (Å²) < 4.78 is 36.0. The summed E-state index contributed by atoms with van der Waals surface area (Å²) in [6.07, 6.45) is 0. The van der Waals surface area contributed by atoms with Crippen molar-refractivity contribution in [1.82, 2.24) is 19.8 Å². The Kier molecular flexibility index (Phi) is 6.18. The van der Waals surface area contributed by atoms with E-state index in [1.807, 2.05) is 31.2 Å². The molecule has 158 valence electrons. The summed E-state index contributed by atoms with van der Waals surface area (Å²) in [6, 6.07) is 13.0. The Morgan fingerprint density at radius 3 is 2.27 bits per heavy atom. The lowest BCUT2D eigenvalue weighted by atomic mass is 10.1. The highest BCUT2D eigenvalue weighted by atomic mass is 32.2. The average molecular weight is 430 g/mol. The van der Waals surface area contributed by atoms with E-state index < -0.39 is 15.9 Å². The molecule has 0 aliphatic rings. The first-order chi connectivity index (χ1) is 14.2. The number of hydrogen-bond donors (Lipinski definition) is 1. The number of benzene rings is 2. The van der Waals surface area contributed by atoms with Gasteiger partial charge in [-0.15, -0.1) is 10.2 Å². The number of aromatic nitrogens is 2. The minimum absolute atomic E-state index is 0.117. The van der Waals surface area contributed by atoms with E-state index in [2.05, 4.69) is 15.5 Å². The number of nitrogens with one attached hydrogen (secondary N) is 1. The smallest absolute Gasteiger partial charge is 0.309 e. The minimum atomic E-state index is -3.53. The molecule has 1 atom stereocenters. The van der Waals surface area contributed by atoms with E-state index in [-0.39, 0.29) is 22.7 Å². The number of hydrogen-bond acceptors (Lipinski definition) is 7. The van der Waals surface area contributed by atoms with Gasteiger partial charge in [-0.3, -0.25) is 4.79 Å². The van der Waals surface area contributed by atoms with Crippen LogP contribution in [0.25, 0.3) is 11.5 Å². The molecule has 3 rings (SSSR count). The molecule has 30 heavy (non-hydrogen) atoms. The number of amides is 1. The van der Waals surface area contributed by atoms with Crippen molar-refractivity contribution in [1.29, 1.82) is 0 Å². The molecule has 0 radical (unpaired) electrons. The molecule has 0 spiro atoms. The number of rotatable bonds is 7. The molecule has 0 fully saturated rings. The quantitative estimate of drug-likeness (QED) is 0.612. The van der Waals surface area contributed by atoms with Crippen molar-refractivity contribution >= 4 is 15.9 Å². The maximum absolute atomic E-state index is 12.4. The van der Waals surface area contributed by atoms with E-state index >= 15 is 0 Å². The van der Waals surface area contributed by atoms with Crippen LogP contribution in [0.3, 0.4) is 0 Å². The zero-order valence-electron chi connectivity index (χ0n) is 17.0. The second-order valence-electron chi connectivity index (χ2n) is 6.69. The van der Waals surface area contributed by atoms with Gasteiger partial charge in [-0.1, -0.05) is 12.1 Å². The summed E-state index contributed by atoms with van der Waals surface area (Å²) >= 11 is 0. The van der Waals surface area contributed by atoms with Crippen LogP contribution in [0.15, 0.2) is 57.8 Å². The Balaban J connectivity index is 1.71. The van der Waals surface area contributed by atoms with Crippen molar-refractivity contribution in [3.05, 3.63) is 60.0 Å². The van der Waals surface area contributed by atoms with Crippen LogP contribution >= 0.6 is 0 Å². The van der Waals surface area contributed by atoms with Gasteiger partial charge in [0.25, 0.3) is 0 Å². The number of ether oxygens (including phenoxy) is 1. The molecule has 10 heteroatoms. The fourth-order valence-corrected chi connectivity index (χ4v) is 3.55. The Morgan fingerprint density at radius 2 is 1.70 bits per heavy atom. The van der Waals surface area contributed by atoms with Crippen LogP contribution in [0.4, 0.5) is 0 Å². The lowest BCUT2D eigenvalue weighted by molar-refractivity contribution is 0.0905. The third-order valence-corrected chi connectivity index (χ3v) is 6.29. The van der Waals surface area contributed by atoms with Gasteiger partial charge in [0.05, 0.1) is 18.0 Å². The first-order valence-corrected chi connectivity index (χ1v) is 10.5. The summed E-state index contributed by atoms with van der Waals surface area (Å²) in [5.74, 6) is 0.147. The van der Waals surface area contributed by atoms with E-state index in [1.54, 1.807) is 19.2 Å². The van der Waals surface area contributed by atoms with Crippen LogP contribution in [0.5, 0.6) is 5.75 Å². The monoisotopic (exact) mass is 430 g/mol. The maximum Gasteiger partial charge on any atom is 0.309 e. The van der Waals surface area contributed by atoms with E-state index in [0.29, 0.717) is 5.56 Å². The first-order valence-electron chi connectivity index (χ1n) is 9.03. The van der Waals surface area contributed by atoms with E-state index in [4.69, 9.17) is 9.15 Å². The van der Waals surface area contributed by atoms with Gasteiger partial charge < -0.3 is 14.5 Å². The van der Waals surface area contributed by atoms with Gasteiger partial charge in [-0.2, -0.15) is 0 Å². The molecule has 0 aliphatic carbocycles. The standard InChI is InChI=1S/C20H22N4O5S/c1-13(14-5-9-16(28-4)10-6-14)21-18(25)20-23-22-19(29-20)15-7-11-17(12-8-15)30(26,27)24(2)3/h5-13H,1-4H3,(H,21,25)/t13-/m1/s1. The molecule has 1 aromatic heterocycles. The van der Waals surface area contributed by atoms with Gasteiger partial charge in [-0.25, -0.2) is 12.7 Å². The topological polar surface area (TPSA) is 115 Å². The number of carbonyl (C=O) groups excluding carboxylic acids is 1. The number of carbonyl (C=O) groups is 1. The normalized spacial score (nSPS) is 12.6. The van der Waals surface area contributed by atoms with Crippen LogP contribution in [-0.2, 0) is 10.0 Å². The van der Waals surface area contributed by atoms with Crippen molar-refractivity contribution in [3.63, 3.8) is 0 Å². The van der Waals surface area contributed by atoms with Gasteiger partial charge in [0.2, 0.25) is 15.9 Å². The highest BCUT2D eigenvalue weighted by molar-refractivity contribution is 7.89. The number of methoxy groups -OCH3 is 1. The lowest BCUT2D eigenvalue weighted by Crippen LogP contribution is -2.26. The van der Waals surface area contributed by atoms with Gasteiger partial charge in [0, 0.05) is 19.7 Å². The Morgan fingerprint density at radius 1 is 1.07 bits per heavy atom. The number of nitrogens with zero attached hydrogens (tertiary/aromatic N) is 3. The largest absolute Gasteiger partial charge is 0.497 e. The van der Waals surface area contributed by atoms with Crippen LogP contribution in [0, 0.1) is 0 Å². The molecule has 0 aliphatic heterocycles. The summed E-state index contributed by atoms with van der Waals surface area (Å²) in [7, 11) is 0.967. The SMILES string of the molecule is COc1ccc([C@@H](C)NC(=O)c2nnc(-c3ccc(S(=O)(=O)N(C)C)cc3)o2)cc1. The Bertz CT molecular complexity index is 1120. The highest BCUT2D eigenvalue weighted by Gasteiger charge is 2.20. The zero-order chi connectivity index (χ0) is 21.9. The first kappa shape index (κ1) is 21.5. The average Bonchev–Trinajstić information content (AvgIpc) is 3.24. The van der Waals surface area contributed by atoms with Crippen LogP contribution < -0.4 is 10.1 Å². The van der Waals surface area contributed by atoms with E-state index in [0.717, 1.165) is 15.6 Å². The second-order valence-corrected chi connectivity index (χ2v) is 8.84. The maximum atomic E-state index is 12.4. The molecule has 0 saturated carbocycles. The summed E-state index contributed by atoms with van der Waals surface area (Å²) in [6.45, 7) is 1.83. The van der Waals surface area contributed by atoms with Crippen molar-refractivity contribution in [2.75, 3.05) is 21.2 Å². The van der Waals surface area contributed by atoms with Gasteiger partial charge in [0.15, 0.2) is 0 Å². The second kappa shape index (κ2) is 8.64. The van der Waals surface area contributed by atoms with Crippen LogP contribution in [0.2, 0.25) is 0 Å². The van der Waals surface area contributed by atoms with E-state index in [1.165, 1.54) is 26.2 Å². The molecular weight excluding hydrogens is 408 g/mol. The summed E-state index contributed by atoms with van der Waals surface area (Å²) in [4.78, 5) is 12.6. The predicted octanol–water partition coefficient (Wildman–Crippen LogP) is 2.49. The molecule has 0 saturated heterocycles. The lowest BCUT2D eigenvalue weighted by Gasteiger charge is -2.13.